The summed E-state index contributed by atoms with van der Waals surface area (Å²) in [6.45, 7) is 1.68. The first-order chi connectivity index (χ1) is 13.9. The molecule has 2 aromatic rings. The number of hydrogen-bond donors (Lipinski definition) is 2. The molecule has 1 fully saturated rings. The highest BCUT2D eigenvalue weighted by Gasteiger charge is 2.22. The van der Waals surface area contributed by atoms with Crippen LogP contribution in [0, 0.1) is 5.82 Å². The van der Waals surface area contributed by atoms with Crippen LogP contribution in [-0.4, -0.2) is 47.2 Å². The Morgan fingerprint density at radius 1 is 1.24 bits per heavy atom. The summed E-state index contributed by atoms with van der Waals surface area (Å²) in [5.41, 5.74) is 1.69. The van der Waals surface area contributed by atoms with Crippen LogP contribution in [-0.2, 0) is 19.6 Å². The first-order valence-electron chi connectivity index (χ1n) is 9.30. The van der Waals surface area contributed by atoms with Crippen LogP contribution >= 0.6 is 0 Å². The van der Waals surface area contributed by atoms with Crippen LogP contribution in [0.1, 0.15) is 12.8 Å². The first kappa shape index (κ1) is 21.2. The van der Waals surface area contributed by atoms with Gasteiger partial charge in [0, 0.05) is 44.5 Å². The van der Waals surface area contributed by atoms with Gasteiger partial charge in [-0.3, -0.25) is 4.79 Å². The Bertz CT molecular complexity index is 950. The summed E-state index contributed by atoms with van der Waals surface area (Å²) in [5, 5.41) is 2.74. The summed E-state index contributed by atoms with van der Waals surface area (Å²) in [7, 11) is -2.15. The van der Waals surface area contributed by atoms with Gasteiger partial charge in [0.25, 0.3) is 0 Å². The van der Waals surface area contributed by atoms with Crippen molar-refractivity contribution in [3.8, 4) is 0 Å². The number of rotatable bonds is 8. The van der Waals surface area contributed by atoms with Gasteiger partial charge in [-0.2, -0.15) is 0 Å². The Balaban J connectivity index is 1.47. The molecule has 2 N–H and O–H groups in total. The van der Waals surface area contributed by atoms with Crippen molar-refractivity contribution in [2.24, 2.45) is 0 Å². The SMILES string of the molecule is COC1CCN(c2ccc(NC(=O)CCNS(=O)(=O)c3cccc(F)c3)cc2)C1. The second-order valence-corrected chi connectivity index (χ2v) is 8.56. The van der Waals surface area contributed by atoms with Crippen LogP contribution in [0.25, 0.3) is 0 Å². The van der Waals surface area contributed by atoms with Gasteiger partial charge in [0.2, 0.25) is 15.9 Å². The van der Waals surface area contributed by atoms with E-state index in [0.717, 1.165) is 37.3 Å². The van der Waals surface area contributed by atoms with Gasteiger partial charge in [-0.25, -0.2) is 17.5 Å². The summed E-state index contributed by atoms with van der Waals surface area (Å²) < 4.78 is 45.1. The largest absolute Gasteiger partial charge is 0.380 e. The van der Waals surface area contributed by atoms with Gasteiger partial charge in [0.05, 0.1) is 11.0 Å². The number of halogens is 1. The van der Waals surface area contributed by atoms with E-state index < -0.39 is 15.8 Å². The molecule has 1 unspecified atom stereocenters. The molecule has 1 aliphatic heterocycles. The topological polar surface area (TPSA) is 87.7 Å². The second kappa shape index (κ2) is 9.34. The third-order valence-electron chi connectivity index (χ3n) is 4.75. The zero-order valence-corrected chi connectivity index (χ0v) is 16.9. The fourth-order valence-electron chi connectivity index (χ4n) is 3.15. The van der Waals surface area contributed by atoms with Crippen LogP contribution in [0.5, 0.6) is 0 Å². The number of hydrogen-bond acceptors (Lipinski definition) is 5. The van der Waals surface area contributed by atoms with Gasteiger partial charge >= 0.3 is 0 Å². The molecule has 0 bridgehead atoms. The van der Waals surface area contributed by atoms with E-state index in [1.165, 1.54) is 12.1 Å². The maximum absolute atomic E-state index is 13.2. The smallest absolute Gasteiger partial charge is 0.240 e. The van der Waals surface area contributed by atoms with Gasteiger partial charge in [0.1, 0.15) is 5.82 Å². The van der Waals surface area contributed by atoms with Crippen molar-refractivity contribution in [3.63, 3.8) is 0 Å². The Labute approximate surface area is 169 Å². The molecular formula is C20H24FN3O4S. The summed E-state index contributed by atoms with van der Waals surface area (Å²) in [6, 6.07) is 12.2. The summed E-state index contributed by atoms with van der Waals surface area (Å²) in [4.78, 5) is 14.1. The minimum Gasteiger partial charge on any atom is -0.380 e. The maximum Gasteiger partial charge on any atom is 0.240 e. The molecule has 0 aromatic heterocycles. The van der Waals surface area contributed by atoms with E-state index in [-0.39, 0.29) is 29.9 Å². The number of nitrogens with zero attached hydrogens (tertiary/aromatic N) is 1. The van der Waals surface area contributed by atoms with Gasteiger partial charge in [-0.15, -0.1) is 0 Å². The lowest BCUT2D eigenvalue weighted by Crippen LogP contribution is -2.28. The van der Waals surface area contributed by atoms with Crippen molar-refractivity contribution < 1.29 is 22.3 Å². The van der Waals surface area contributed by atoms with Crippen molar-refractivity contribution in [1.82, 2.24) is 4.72 Å². The van der Waals surface area contributed by atoms with E-state index in [9.17, 15) is 17.6 Å². The fourth-order valence-corrected chi connectivity index (χ4v) is 4.21. The van der Waals surface area contributed by atoms with Crippen molar-refractivity contribution in [3.05, 3.63) is 54.3 Å². The maximum atomic E-state index is 13.2. The van der Waals surface area contributed by atoms with Crippen LogP contribution in [0.2, 0.25) is 0 Å². The number of amides is 1. The summed E-state index contributed by atoms with van der Waals surface area (Å²) in [6.07, 6.45) is 1.18. The van der Waals surface area contributed by atoms with Crippen LogP contribution in [0.15, 0.2) is 53.4 Å². The molecule has 0 radical (unpaired) electrons. The zero-order valence-electron chi connectivity index (χ0n) is 16.1. The molecule has 0 spiro atoms. The zero-order chi connectivity index (χ0) is 20.9. The van der Waals surface area contributed by atoms with Gasteiger partial charge in [0.15, 0.2) is 0 Å². The van der Waals surface area contributed by atoms with Crippen LogP contribution in [0.3, 0.4) is 0 Å². The number of sulfonamides is 1. The third kappa shape index (κ3) is 5.75. The minimum absolute atomic E-state index is 0.0437. The Morgan fingerprint density at radius 3 is 2.66 bits per heavy atom. The average molecular weight is 421 g/mol. The van der Waals surface area contributed by atoms with E-state index in [0.29, 0.717) is 5.69 Å². The average Bonchev–Trinajstić information content (AvgIpc) is 3.18. The van der Waals surface area contributed by atoms with Gasteiger partial charge in [-0.1, -0.05) is 6.07 Å². The minimum atomic E-state index is -3.86. The van der Waals surface area contributed by atoms with Crippen molar-refractivity contribution in [2.75, 3.05) is 37.0 Å². The van der Waals surface area contributed by atoms with Crippen LogP contribution < -0.4 is 14.9 Å². The standard InChI is InChI=1S/C20H24FN3O4S/c1-28-18-10-12-24(14-18)17-7-5-16(6-8-17)23-20(25)9-11-22-29(26,27)19-4-2-3-15(21)13-19/h2-8,13,18,22H,9-12,14H2,1H3,(H,23,25). The monoisotopic (exact) mass is 421 g/mol. The van der Waals surface area contributed by atoms with Crippen molar-refractivity contribution in [1.29, 1.82) is 0 Å². The van der Waals surface area contributed by atoms with Gasteiger partial charge in [-0.05, 0) is 48.9 Å². The highest BCUT2D eigenvalue weighted by Crippen LogP contribution is 2.23. The number of anilines is 2. The molecule has 1 saturated heterocycles. The van der Waals surface area contributed by atoms with Crippen molar-refractivity contribution >= 4 is 27.3 Å². The lowest BCUT2D eigenvalue weighted by atomic mass is 10.2. The van der Waals surface area contributed by atoms with Gasteiger partial charge < -0.3 is 15.0 Å². The molecule has 29 heavy (non-hydrogen) atoms. The Morgan fingerprint density at radius 2 is 2.00 bits per heavy atom. The van der Waals surface area contributed by atoms with E-state index in [1.807, 2.05) is 24.3 Å². The van der Waals surface area contributed by atoms with E-state index in [2.05, 4.69) is 14.9 Å². The molecule has 9 heteroatoms. The lowest BCUT2D eigenvalue weighted by molar-refractivity contribution is -0.116. The number of methoxy groups -OCH3 is 1. The van der Waals surface area contributed by atoms with E-state index >= 15 is 0 Å². The first-order valence-corrected chi connectivity index (χ1v) is 10.8. The third-order valence-corrected chi connectivity index (χ3v) is 6.20. The number of nitrogens with one attached hydrogen (secondary N) is 2. The fraction of sp³-hybridized carbons (Fsp3) is 0.350. The Hall–Kier alpha value is -2.49. The predicted molar refractivity (Wildman–Crippen MR) is 109 cm³/mol. The highest BCUT2D eigenvalue weighted by molar-refractivity contribution is 7.89. The highest BCUT2D eigenvalue weighted by atomic mass is 32.2. The molecule has 1 amide bonds. The normalized spacial score (nSPS) is 16.8. The molecule has 1 aliphatic rings. The van der Waals surface area contributed by atoms with Crippen LogP contribution in [0.4, 0.5) is 15.8 Å². The molecule has 1 heterocycles. The number of carbonyl (C=O) groups is 1. The summed E-state index contributed by atoms with van der Waals surface area (Å²) in [5.74, 6) is -0.957. The lowest BCUT2D eigenvalue weighted by Gasteiger charge is -2.18. The van der Waals surface area contributed by atoms with E-state index in [4.69, 9.17) is 4.74 Å². The number of carbonyl (C=O) groups excluding carboxylic acids is 1. The molecule has 2 aromatic carbocycles. The Kier molecular flexibility index (Phi) is 6.83. The number of ether oxygens (including phenoxy) is 1. The predicted octanol–water partition coefficient (Wildman–Crippen LogP) is 2.36. The molecule has 156 valence electrons. The molecule has 7 nitrogen and oxygen atoms in total. The molecular weight excluding hydrogens is 397 g/mol. The molecule has 1 atom stereocenters. The second-order valence-electron chi connectivity index (χ2n) is 6.79. The molecule has 3 rings (SSSR count). The van der Waals surface area contributed by atoms with Crippen molar-refractivity contribution in [2.45, 2.75) is 23.8 Å². The quantitative estimate of drug-likeness (QED) is 0.683. The molecule has 0 saturated carbocycles. The molecule has 0 aliphatic carbocycles. The number of benzene rings is 2. The summed E-state index contributed by atoms with van der Waals surface area (Å²) >= 11 is 0. The van der Waals surface area contributed by atoms with E-state index in [1.54, 1.807) is 7.11 Å².